The van der Waals surface area contributed by atoms with Gasteiger partial charge in [0.2, 0.25) is 0 Å². The van der Waals surface area contributed by atoms with Crippen molar-refractivity contribution >= 4 is 5.69 Å². The Hall–Kier alpha value is -1.60. The van der Waals surface area contributed by atoms with E-state index >= 15 is 0 Å². The maximum Gasteiger partial charge on any atom is 0.124 e. The molecule has 0 radical (unpaired) electrons. The standard InChI is InChI=1S/C12H15FN2O/c1-12(2,8-16)15(3)11-5-4-10(13)6-9(11)7-14/h4-6,16H,8H2,1-3H3. The first-order valence-corrected chi connectivity index (χ1v) is 4.96. The van der Waals surface area contributed by atoms with Crippen molar-refractivity contribution in [1.82, 2.24) is 0 Å². The summed E-state index contributed by atoms with van der Waals surface area (Å²) in [4.78, 5) is 1.77. The molecule has 0 saturated heterocycles. The summed E-state index contributed by atoms with van der Waals surface area (Å²) >= 11 is 0. The van der Waals surface area contributed by atoms with Gasteiger partial charge in [-0.05, 0) is 32.0 Å². The highest BCUT2D eigenvalue weighted by atomic mass is 19.1. The van der Waals surface area contributed by atoms with E-state index in [-0.39, 0.29) is 12.2 Å². The van der Waals surface area contributed by atoms with E-state index in [9.17, 15) is 9.50 Å². The normalized spacial score (nSPS) is 11.0. The van der Waals surface area contributed by atoms with Crippen molar-refractivity contribution in [1.29, 1.82) is 5.26 Å². The minimum atomic E-state index is -0.497. The molecule has 0 spiro atoms. The number of nitrogens with zero attached hydrogens (tertiary/aromatic N) is 2. The zero-order chi connectivity index (χ0) is 12.3. The van der Waals surface area contributed by atoms with Crippen LogP contribution in [-0.4, -0.2) is 24.3 Å². The molecule has 0 heterocycles. The second-order valence-corrected chi connectivity index (χ2v) is 4.30. The molecule has 1 rings (SSSR count). The summed E-state index contributed by atoms with van der Waals surface area (Å²) in [5, 5.41) is 18.2. The Balaban J connectivity index is 3.19. The molecule has 0 saturated carbocycles. The monoisotopic (exact) mass is 222 g/mol. The second kappa shape index (κ2) is 4.50. The number of aliphatic hydroxyl groups is 1. The molecule has 0 unspecified atom stereocenters. The highest BCUT2D eigenvalue weighted by Gasteiger charge is 2.24. The lowest BCUT2D eigenvalue weighted by Gasteiger charge is -2.36. The molecule has 1 aromatic rings. The molecule has 0 amide bonds. The van der Waals surface area contributed by atoms with Gasteiger partial charge in [-0.25, -0.2) is 4.39 Å². The fourth-order valence-electron chi connectivity index (χ4n) is 1.32. The van der Waals surface area contributed by atoms with E-state index in [1.54, 1.807) is 18.0 Å². The number of halogens is 1. The van der Waals surface area contributed by atoms with Crippen LogP contribution in [-0.2, 0) is 0 Å². The van der Waals surface area contributed by atoms with Gasteiger partial charge >= 0.3 is 0 Å². The number of rotatable bonds is 3. The minimum Gasteiger partial charge on any atom is -0.394 e. The number of hydrogen-bond acceptors (Lipinski definition) is 3. The smallest absolute Gasteiger partial charge is 0.124 e. The van der Waals surface area contributed by atoms with Crippen LogP contribution in [0.4, 0.5) is 10.1 Å². The average molecular weight is 222 g/mol. The van der Waals surface area contributed by atoms with Crippen molar-refractivity contribution in [2.45, 2.75) is 19.4 Å². The largest absolute Gasteiger partial charge is 0.394 e. The van der Waals surface area contributed by atoms with Crippen molar-refractivity contribution in [3.8, 4) is 6.07 Å². The molecule has 0 aliphatic heterocycles. The molecule has 1 N–H and O–H groups in total. The van der Waals surface area contributed by atoms with Crippen LogP contribution >= 0.6 is 0 Å². The summed E-state index contributed by atoms with van der Waals surface area (Å²) in [7, 11) is 1.77. The van der Waals surface area contributed by atoms with E-state index in [1.807, 2.05) is 19.9 Å². The van der Waals surface area contributed by atoms with Crippen molar-refractivity contribution in [3.63, 3.8) is 0 Å². The Morgan fingerprint density at radius 3 is 2.62 bits per heavy atom. The molecule has 0 aliphatic rings. The van der Waals surface area contributed by atoms with Crippen LogP contribution in [0.25, 0.3) is 0 Å². The number of benzene rings is 1. The van der Waals surface area contributed by atoms with Gasteiger partial charge in [0.25, 0.3) is 0 Å². The topological polar surface area (TPSA) is 47.3 Å². The van der Waals surface area contributed by atoms with Gasteiger partial charge in [0.15, 0.2) is 0 Å². The molecule has 16 heavy (non-hydrogen) atoms. The van der Waals surface area contributed by atoms with Crippen molar-refractivity contribution in [3.05, 3.63) is 29.6 Å². The van der Waals surface area contributed by atoms with E-state index in [0.29, 0.717) is 5.69 Å². The quantitative estimate of drug-likeness (QED) is 0.849. The lowest BCUT2D eigenvalue weighted by Crippen LogP contribution is -2.44. The third-order valence-corrected chi connectivity index (χ3v) is 2.74. The fraction of sp³-hybridized carbons (Fsp3) is 0.417. The van der Waals surface area contributed by atoms with Crippen LogP contribution in [0.15, 0.2) is 18.2 Å². The van der Waals surface area contributed by atoms with Gasteiger partial charge in [0, 0.05) is 7.05 Å². The molecule has 0 atom stereocenters. The van der Waals surface area contributed by atoms with Crippen LogP contribution in [0.5, 0.6) is 0 Å². The molecule has 4 heteroatoms. The number of aliphatic hydroxyl groups excluding tert-OH is 1. The molecular formula is C12H15FN2O. The third-order valence-electron chi connectivity index (χ3n) is 2.74. The Bertz CT molecular complexity index is 424. The predicted molar refractivity (Wildman–Crippen MR) is 60.7 cm³/mol. The minimum absolute atomic E-state index is 0.0499. The van der Waals surface area contributed by atoms with Crippen molar-refractivity contribution in [2.24, 2.45) is 0 Å². The molecule has 0 aliphatic carbocycles. The number of hydrogen-bond donors (Lipinski definition) is 1. The number of nitriles is 1. The summed E-state index contributed by atoms with van der Waals surface area (Å²) in [6, 6.07) is 6.00. The first kappa shape index (κ1) is 12.5. The Morgan fingerprint density at radius 2 is 2.12 bits per heavy atom. The Morgan fingerprint density at radius 1 is 1.50 bits per heavy atom. The van der Waals surface area contributed by atoms with Gasteiger partial charge in [-0.15, -0.1) is 0 Å². The molecule has 0 aromatic heterocycles. The first-order chi connectivity index (χ1) is 7.42. The molecule has 1 aromatic carbocycles. The van der Waals surface area contributed by atoms with Gasteiger partial charge in [0.05, 0.1) is 23.4 Å². The molecular weight excluding hydrogens is 207 g/mol. The Labute approximate surface area is 94.7 Å². The van der Waals surface area contributed by atoms with Gasteiger partial charge in [-0.3, -0.25) is 0 Å². The zero-order valence-corrected chi connectivity index (χ0v) is 9.66. The van der Waals surface area contributed by atoms with E-state index in [4.69, 9.17) is 5.26 Å². The molecule has 0 bridgehead atoms. The van der Waals surface area contributed by atoms with Crippen LogP contribution in [0.1, 0.15) is 19.4 Å². The lowest BCUT2D eigenvalue weighted by molar-refractivity contribution is 0.216. The van der Waals surface area contributed by atoms with Gasteiger partial charge < -0.3 is 10.0 Å². The van der Waals surface area contributed by atoms with E-state index in [0.717, 1.165) is 0 Å². The SMILES string of the molecule is CN(c1ccc(F)cc1C#N)C(C)(C)CO. The van der Waals surface area contributed by atoms with Crippen LogP contribution in [0.2, 0.25) is 0 Å². The van der Waals surface area contributed by atoms with Crippen molar-refractivity contribution < 1.29 is 9.50 Å². The second-order valence-electron chi connectivity index (χ2n) is 4.30. The lowest BCUT2D eigenvalue weighted by atomic mass is 10.0. The maximum atomic E-state index is 13.0. The summed E-state index contributed by atoms with van der Waals surface area (Å²) in [6.07, 6.45) is 0. The van der Waals surface area contributed by atoms with Crippen LogP contribution < -0.4 is 4.90 Å². The van der Waals surface area contributed by atoms with Crippen molar-refractivity contribution in [2.75, 3.05) is 18.6 Å². The van der Waals surface area contributed by atoms with Crippen LogP contribution in [0.3, 0.4) is 0 Å². The molecule has 0 fully saturated rings. The molecule has 3 nitrogen and oxygen atoms in total. The summed E-state index contributed by atoms with van der Waals surface area (Å²) in [6.45, 7) is 3.64. The Kier molecular flexibility index (Phi) is 3.51. The van der Waals surface area contributed by atoms with E-state index in [1.165, 1.54) is 12.1 Å². The predicted octanol–water partition coefficient (Wildman–Crippen LogP) is 1.90. The highest BCUT2D eigenvalue weighted by molar-refractivity contribution is 5.60. The van der Waals surface area contributed by atoms with Gasteiger partial charge in [0.1, 0.15) is 11.9 Å². The van der Waals surface area contributed by atoms with E-state index in [2.05, 4.69) is 0 Å². The molecule has 86 valence electrons. The maximum absolute atomic E-state index is 13.0. The third kappa shape index (κ3) is 2.31. The zero-order valence-electron chi connectivity index (χ0n) is 9.66. The number of anilines is 1. The van der Waals surface area contributed by atoms with Crippen LogP contribution in [0, 0.1) is 17.1 Å². The van der Waals surface area contributed by atoms with Gasteiger partial charge in [-0.1, -0.05) is 0 Å². The average Bonchev–Trinajstić information content (AvgIpc) is 2.27. The summed E-state index contributed by atoms with van der Waals surface area (Å²) in [5.41, 5.74) is 0.385. The summed E-state index contributed by atoms with van der Waals surface area (Å²) < 4.78 is 13.0. The van der Waals surface area contributed by atoms with E-state index < -0.39 is 11.4 Å². The first-order valence-electron chi connectivity index (χ1n) is 4.96. The summed E-state index contributed by atoms with van der Waals surface area (Å²) in [5.74, 6) is -0.435. The van der Waals surface area contributed by atoms with Gasteiger partial charge in [-0.2, -0.15) is 5.26 Å². The fourth-order valence-corrected chi connectivity index (χ4v) is 1.32. The number of likely N-dealkylation sites (N-methyl/N-ethyl adjacent to an activating group) is 1. The highest BCUT2D eigenvalue weighted by Crippen LogP contribution is 2.26.